The summed E-state index contributed by atoms with van der Waals surface area (Å²) in [6.07, 6.45) is 7.89. The molecule has 1 fully saturated rings. The molecule has 0 unspecified atom stereocenters. The maximum atomic E-state index is 11.7. The standard InChI is InChI=1S/C21H22N2O2/c1-2-9-23-10-8-17-15(4-3-5-20(17)23)12-19-18(21(24)25)11-16(13-22-19)14-6-7-14/h3-5,8,10-11,13-14H,2,6-7,9,12H2,1H3,(H,24,25). The van der Waals surface area contributed by atoms with Gasteiger partial charge in [-0.2, -0.15) is 0 Å². The lowest BCUT2D eigenvalue weighted by atomic mass is 10.00. The Balaban J connectivity index is 1.72. The molecule has 1 N–H and O–H groups in total. The van der Waals surface area contributed by atoms with Crippen LogP contribution in [0.15, 0.2) is 42.7 Å². The molecule has 0 atom stereocenters. The Labute approximate surface area is 147 Å². The molecule has 0 radical (unpaired) electrons. The van der Waals surface area contributed by atoms with Gasteiger partial charge in [0.05, 0.1) is 11.3 Å². The number of carboxylic acids is 1. The molecule has 0 bridgehead atoms. The highest BCUT2D eigenvalue weighted by Gasteiger charge is 2.26. The van der Waals surface area contributed by atoms with Crippen LogP contribution in [0.4, 0.5) is 0 Å². The summed E-state index contributed by atoms with van der Waals surface area (Å²) in [4.78, 5) is 16.2. The number of hydrogen-bond donors (Lipinski definition) is 1. The minimum Gasteiger partial charge on any atom is -0.478 e. The van der Waals surface area contributed by atoms with E-state index in [1.165, 1.54) is 10.9 Å². The number of rotatable bonds is 6. The van der Waals surface area contributed by atoms with E-state index >= 15 is 0 Å². The molecule has 25 heavy (non-hydrogen) atoms. The molecule has 0 amide bonds. The zero-order valence-electron chi connectivity index (χ0n) is 14.4. The minimum atomic E-state index is -0.888. The van der Waals surface area contributed by atoms with Crippen LogP contribution in [0, 0.1) is 0 Å². The Morgan fingerprint density at radius 1 is 1.32 bits per heavy atom. The fourth-order valence-electron chi connectivity index (χ4n) is 3.53. The van der Waals surface area contributed by atoms with Crippen molar-refractivity contribution >= 4 is 16.9 Å². The lowest BCUT2D eigenvalue weighted by Gasteiger charge is -2.10. The number of aryl methyl sites for hydroxylation is 1. The molecular weight excluding hydrogens is 312 g/mol. The van der Waals surface area contributed by atoms with Crippen LogP contribution >= 0.6 is 0 Å². The van der Waals surface area contributed by atoms with Gasteiger partial charge in [0.1, 0.15) is 0 Å². The molecule has 2 aromatic heterocycles. The van der Waals surface area contributed by atoms with E-state index in [0.29, 0.717) is 23.6 Å². The van der Waals surface area contributed by atoms with E-state index in [0.717, 1.165) is 36.9 Å². The van der Waals surface area contributed by atoms with Gasteiger partial charge in [-0.05, 0) is 54.5 Å². The Hall–Kier alpha value is -2.62. The average Bonchev–Trinajstić information content (AvgIpc) is 3.38. The van der Waals surface area contributed by atoms with Crippen molar-refractivity contribution in [2.75, 3.05) is 0 Å². The molecule has 1 aromatic carbocycles. The number of carbonyl (C=O) groups is 1. The summed E-state index contributed by atoms with van der Waals surface area (Å²) in [5.74, 6) is -0.383. The summed E-state index contributed by atoms with van der Waals surface area (Å²) in [6.45, 7) is 3.15. The Kier molecular flexibility index (Phi) is 4.04. The molecule has 128 valence electrons. The molecular formula is C21H22N2O2. The normalized spacial score (nSPS) is 14.1. The average molecular weight is 334 g/mol. The first kappa shape index (κ1) is 15.9. The molecule has 0 saturated heterocycles. The molecule has 1 saturated carbocycles. The smallest absolute Gasteiger partial charge is 0.337 e. The van der Waals surface area contributed by atoms with Crippen LogP contribution in [0.5, 0.6) is 0 Å². The second kappa shape index (κ2) is 6.36. The van der Waals surface area contributed by atoms with Crippen LogP contribution in [0.1, 0.15) is 59.3 Å². The largest absolute Gasteiger partial charge is 0.478 e. The molecule has 2 heterocycles. The minimum absolute atomic E-state index is 0.342. The summed E-state index contributed by atoms with van der Waals surface area (Å²) in [7, 11) is 0. The first-order valence-corrected chi connectivity index (χ1v) is 8.96. The monoisotopic (exact) mass is 334 g/mol. The van der Waals surface area contributed by atoms with Crippen molar-refractivity contribution in [3.63, 3.8) is 0 Å². The van der Waals surface area contributed by atoms with Crippen molar-refractivity contribution in [3.05, 3.63) is 65.1 Å². The van der Waals surface area contributed by atoms with Gasteiger partial charge in [0.15, 0.2) is 0 Å². The van der Waals surface area contributed by atoms with E-state index in [2.05, 4.69) is 40.9 Å². The third-order valence-electron chi connectivity index (χ3n) is 5.00. The molecule has 1 aliphatic rings. The summed E-state index contributed by atoms with van der Waals surface area (Å²) < 4.78 is 2.25. The number of benzene rings is 1. The summed E-state index contributed by atoms with van der Waals surface area (Å²) in [5.41, 5.74) is 4.38. The predicted octanol–water partition coefficient (Wildman–Crippen LogP) is 4.61. The van der Waals surface area contributed by atoms with Gasteiger partial charge in [-0.15, -0.1) is 0 Å². The molecule has 4 rings (SSSR count). The lowest BCUT2D eigenvalue weighted by Crippen LogP contribution is -2.07. The number of aromatic carboxylic acids is 1. The van der Waals surface area contributed by atoms with Gasteiger partial charge >= 0.3 is 5.97 Å². The van der Waals surface area contributed by atoms with Gasteiger partial charge in [0.25, 0.3) is 0 Å². The number of fused-ring (bicyclic) bond motifs is 1. The second-order valence-corrected chi connectivity index (χ2v) is 6.88. The van der Waals surface area contributed by atoms with E-state index in [1.807, 2.05) is 18.3 Å². The van der Waals surface area contributed by atoms with Gasteiger partial charge in [-0.3, -0.25) is 4.98 Å². The first-order valence-electron chi connectivity index (χ1n) is 8.96. The Bertz CT molecular complexity index is 938. The zero-order chi connectivity index (χ0) is 17.4. The van der Waals surface area contributed by atoms with Crippen molar-refractivity contribution in [3.8, 4) is 0 Å². The first-order chi connectivity index (χ1) is 12.2. The fourth-order valence-corrected chi connectivity index (χ4v) is 3.53. The second-order valence-electron chi connectivity index (χ2n) is 6.88. The highest BCUT2D eigenvalue weighted by molar-refractivity contribution is 5.90. The van der Waals surface area contributed by atoms with Crippen molar-refractivity contribution < 1.29 is 9.90 Å². The van der Waals surface area contributed by atoms with Crippen molar-refractivity contribution in [1.29, 1.82) is 0 Å². The lowest BCUT2D eigenvalue weighted by molar-refractivity contribution is 0.0695. The topological polar surface area (TPSA) is 55.1 Å². The fraction of sp³-hybridized carbons (Fsp3) is 0.333. The zero-order valence-corrected chi connectivity index (χ0v) is 14.4. The maximum absolute atomic E-state index is 11.7. The van der Waals surface area contributed by atoms with E-state index in [-0.39, 0.29) is 0 Å². The molecule has 0 spiro atoms. The van der Waals surface area contributed by atoms with Crippen LogP contribution in [0.3, 0.4) is 0 Å². The van der Waals surface area contributed by atoms with Gasteiger partial charge in [-0.1, -0.05) is 19.1 Å². The number of pyridine rings is 1. The van der Waals surface area contributed by atoms with Gasteiger partial charge in [-0.25, -0.2) is 4.79 Å². The summed E-state index contributed by atoms with van der Waals surface area (Å²) in [6, 6.07) is 10.2. The van der Waals surface area contributed by atoms with E-state index in [9.17, 15) is 9.90 Å². The Morgan fingerprint density at radius 2 is 2.16 bits per heavy atom. The highest BCUT2D eigenvalue weighted by Crippen LogP contribution is 2.40. The molecule has 0 aliphatic heterocycles. The number of carboxylic acid groups (broad SMARTS) is 1. The van der Waals surface area contributed by atoms with Crippen LogP contribution in [-0.4, -0.2) is 20.6 Å². The quantitative estimate of drug-likeness (QED) is 0.716. The van der Waals surface area contributed by atoms with Gasteiger partial charge in [0.2, 0.25) is 0 Å². The third kappa shape index (κ3) is 3.04. The Morgan fingerprint density at radius 3 is 2.88 bits per heavy atom. The summed E-state index contributed by atoms with van der Waals surface area (Å²) >= 11 is 0. The van der Waals surface area contributed by atoms with Crippen LogP contribution in [0.2, 0.25) is 0 Å². The highest BCUT2D eigenvalue weighted by atomic mass is 16.4. The van der Waals surface area contributed by atoms with Crippen LogP contribution in [0.25, 0.3) is 10.9 Å². The van der Waals surface area contributed by atoms with E-state index in [1.54, 1.807) is 0 Å². The molecule has 4 nitrogen and oxygen atoms in total. The number of nitrogens with zero attached hydrogens (tertiary/aromatic N) is 2. The maximum Gasteiger partial charge on any atom is 0.337 e. The van der Waals surface area contributed by atoms with Gasteiger partial charge < -0.3 is 9.67 Å². The van der Waals surface area contributed by atoms with Crippen molar-refractivity contribution in [2.24, 2.45) is 0 Å². The van der Waals surface area contributed by atoms with E-state index < -0.39 is 5.97 Å². The van der Waals surface area contributed by atoms with Crippen LogP contribution in [-0.2, 0) is 13.0 Å². The van der Waals surface area contributed by atoms with E-state index in [4.69, 9.17) is 0 Å². The SMILES string of the molecule is CCCn1ccc2c(Cc3ncc(C4CC4)cc3C(=O)O)cccc21. The van der Waals surface area contributed by atoms with Gasteiger partial charge in [0, 0.05) is 36.3 Å². The molecule has 3 aromatic rings. The third-order valence-corrected chi connectivity index (χ3v) is 5.00. The molecule has 1 aliphatic carbocycles. The number of hydrogen-bond acceptors (Lipinski definition) is 2. The number of aromatic nitrogens is 2. The van der Waals surface area contributed by atoms with Crippen LogP contribution < -0.4 is 0 Å². The predicted molar refractivity (Wildman–Crippen MR) is 98.2 cm³/mol. The summed E-state index contributed by atoms with van der Waals surface area (Å²) in [5, 5.41) is 10.8. The van der Waals surface area contributed by atoms with Crippen molar-refractivity contribution in [1.82, 2.24) is 9.55 Å². The van der Waals surface area contributed by atoms with Crippen molar-refractivity contribution in [2.45, 2.75) is 45.1 Å². The molecule has 4 heteroatoms.